The number of rotatable bonds is 3. The molecule has 5 nitrogen and oxygen atoms in total. The lowest BCUT2D eigenvalue weighted by molar-refractivity contribution is 0.0601. The number of aromatic nitrogens is 1. The Morgan fingerprint density at radius 2 is 1.83 bits per heavy atom. The Morgan fingerprint density at radius 1 is 1.13 bits per heavy atom. The summed E-state index contributed by atoms with van der Waals surface area (Å²) in [5.74, 6) is -0.680. The molecule has 0 bridgehead atoms. The normalized spacial score (nSPS) is 10.5. The van der Waals surface area contributed by atoms with Crippen LogP contribution in [-0.4, -0.2) is 24.0 Å². The van der Waals surface area contributed by atoms with Crippen LogP contribution in [0, 0.1) is 0 Å². The lowest BCUT2D eigenvalue weighted by Crippen LogP contribution is -2.11. The second kappa shape index (κ2) is 6.36. The maximum atomic E-state index is 12.2. The van der Waals surface area contributed by atoms with Gasteiger partial charge in [0.25, 0.3) is 5.91 Å². The molecular formula is C16H11ClN2O3S. The third kappa shape index (κ3) is 3.33. The fourth-order valence-electron chi connectivity index (χ4n) is 1.99. The van der Waals surface area contributed by atoms with Crippen molar-refractivity contribution in [3.05, 3.63) is 58.6 Å². The number of hydrogen-bond acceptors (Lipinski definition) is 5. The molecular weight excluding hydrogens is 336 g/mol. The predicted octanol–water partition coefficient (Wildman–Crippen LogP) is 3.99. The molecule has 3 aromatic rings. The van der Waals surface area contributed by atoms with Gasteiger partial charge in [-0.15, -0.1) is 0 Å². The highest BCUT2D eigenvalue weighted by molar-refractivity contribution is 7.22. The van der Waals surface area contributed by atoms with Crippen LogP contribution in [0.2, 0.25) is 5.02 Å². The topological polar surface area (TPSA) is 68.3 Å². The molecule has 0 saturated heterocycles. The van der Waals surface area contributed by atoms with Gasteiger partial charge in [-0.2, -0.15) is 0 Å². The van der Waals surface area contributed by atoms with Crippen molar-refractivity contribution in [1.29, 1.82) is 0 Å². The number of anilines is 1. The smallest absolute Gasteiger partial charge is 0.337 e. The van der Waals surface area contributed by atoms with E-state index in [4.69, 9.17) is 11.6 Å². The number of methoxy groups -OCH3 is 1. The minimum atomic E-state index is -0.410. The van der Waals surface area contributed by atoms with Crippen LogP contribution in [0.5, 0.6) is 0 Å². The van der Waals surface area contributed by atoms with E-state index in [9.17, 15) is 9.59 Å². The number of esters is 1. The summed E-state index contributed by atoms with van der Waals surface area (Å²) in [7, 11) is 1.33. The van der Waals surface area contributed by atoms with Crippen molar-refractivity contribution in [2.45, 2.75) is 0 Å². The van der Waals surface area contributed by atoms with Gasteiger partial charge < -0.3 is 4.74 Å². The lowest BCUT2D eigenvalue weighted by Gasteiger charge is -2.01. The molecule has 0 atom stereocenters. The number of nitrogens with one attached hydrogen (secondary N) is 1. The number of amides is 1. The fraction of sp³-hybridized carbons (Fsp3) is 0.0625. The summed E-state index contributed by atoms with van der Waals surface area (Å²) >= 11 is 7.09. The van der Waals surface area contributed by atoms with Crippen molar-refractivity contribution >= 4 is 50.2 Å². The van der Waals surface area contributed by atoms with Crippen LogP contribution in [-0.2, 0) is 4.74 Å². The summed E-state index contributed by atoms with van der Waals surface area (Å²) in [6.07, 6.45) is 0. The predicted molar refractivity (Wildman–Crippen MR) is 90.4 cm³/mol. The summed E-state index contributed by atoms with van der Waals surface area (Å²) < 4.78 is 5.48. The average Bonchev–Trinajstić information content (AvgIpc) is 2.95. The Hall–Kier alpha value is -2.44. The van der Waals surface area contributed by atoms with Crippen LogP contribution >= 0.6 is 22.9 Å². The monoisotopic (exact) mass is 346 g/mol. The zero-order valence-electron chi connectivity index (χ0n) is 12.0. The van der Waals surface area contributed by atoms with Crippen molar-refractivity contribution < 1.29 is 14.3 Å². The Labute approximate surface area is 140 Å². The molecule has 1 heterocycles. The first-order valence-corrected chi connectivity index (χ1v) is 7.82. The third-order valence-electron chi connectivity index (χ3n) is 3.14. The van der Waals surface area contributed by atoms with Crippen molar-refractivity contribution in [2.75, 3.05) is 12.4 Å². The van der Waals surface area contributed by atoms with Crippen LogP contribution in [0.4, 0.5) is 5.13 Å². The highest BCUT2D eigenvalue weighted by Crippen LogP contribution is 2.27. The molecule has 0 aliphatic rings. The number of halogens is 1. The number of hydrogen-bond donors (Lipinski definition) is 1. The first-order valence-electron chi connectivity index (χ1n) is 6.62. The van der Waals surface area contributed by atoms with Gasteiger partial charge in [-0.05, 0) is 42.5 Å². The second-order valence-electron chi connectivity index (χ2n) is 4.65. The first kappa shape index (κ1) is 15.5. The zero-order chi connectivity index (χ0) is 16.4. The molecule has 1 N–H and O–H groups in total. The minimum absolute atomic E-state index is 0.270. The van der Waals surface area contributed by atoms with Gasteiger partial charge in [-0.1, -0.05) is 22.9 Å². The molecule has 23 heavy (non-hydrogen) atoms. The van der Waals surface area contributed by atoms with Crippen LogP contribution in [0.1, 0.15) is 20.7 Å². The van der Waals surface area contributed by atoms with Gasteiger partial charge in [0.1, 0.15) is 0 Å². The van der Waals surface area contributed by atoms with E-state index in [1.165, 1.54) is 18.4 Å². The third-order valence-corrected chi connectivity index (χ3v) is 4.32. The van der Waals surface area contributed by atoms with E-state index in [1.807, 2.05) is 0 Å². The van der Waals surface area contributed by atoms with E-state index >= 15 is 0 Å². The van der Waals surface area contributed by atoms with Crippen molar-refractivity contribution in [1.82, 2.24) is 4.98 Å². The number of ether oxygens (including phenoxy) is 1. The Morgan fingerprint density at radius 3 is 2.52 bits per heavy atom. The number of nitrogens with zero attached hydrogens (tertiary/aromatic N) is 1. The fourth-order valence-corrected chi connectivity index (χ4v) is 3.02. The number of carbonyl (C=O) groups excluding carboxylic acids is 2. The van der Waals surface area contributed by atoms with Crippen molar-refractivity contribution in [2.24, 2.45) is 0 Å². The largest absolute Gasteiger partial charge is 0.465 e. The summed E-state index contributed by atoms with van der Waals surface area (Å²) in [4.78, 5) is 28.0. The molecule has 1 aromatic heterocycles. The number of carbonyl (C=O) groups is 2. The molecule has 7 heteroatoms. The summed E-state index contributed by atoms with van der Waals surface area (Å²) in [6.45, 7) is 0. The van der Waals surface area contributed by atoms with E-state index < -0.39 is 5.97 Å². The number of thiazole rings is 1. The lowest BCUT2D eigenvalue weighted by atomic mass is 10.2. The van der Waals surface area contributed by atoms with Gasteiger partial charge in [0.2, 0.25) is 0 Å². The molecule has 0 radical (unpaired) electrons. The Balaban J connectivity index is 1.84. The second-order valence-corrected chi connectivity index (χ2v) is 6.12. The highest BCUT2D eigenvalue weighted by atomic mass is 35.5. The van der Waals surface area contributed by atoms with Crippen LogP contribution in [0.3, 0.4) is 0 Å². The SMILES string of the molecule is COC(=O)c1ccc2nc(NC(=O)c3ccc(Cl)cc3)sc2c1. The van der Waals surface area contributed by atoms with Crippen LogP contribution in [0.15, 0.2) is 42.5 Å². The summed E-state index contributed by atoms with van der Waals surface area (Å²) in [5.41, 5.74) is 1.64. The molecule has 0 saturated carbocycles. The van der Waals surface area contributed by atoms with Crippen molar-refractivity contribution in [3.8, 4) is 0 Å². The molecule has 0 spiro atoms. The zero-order valence-corrected chi connectivity index (χ0v) is 13.6. The van der Waals surface area contributed by atoms with E-state index in [0.717, 1.165) is 4.70 Å². The van der Waals surface area contributed by atoms with Gasteiger partial charge in [-0.25, -0.2) is 9.78 Å². The van der Waals surface area contributed by atoms with E-state index in [0.29, 0.717) is 26.8 Å². The van der Waals surface area contributed by atoms with Gasteiger partial charge in [0.05, 0.1) is 22.9 Å². The quantitative estimate of drug-likeness (QED) is 0.728. The minimum Gasteiger partial charge on any atom is -0.465 e. The first-order chi connectivity index (χ1) is 11.1. The van der Waals surface area contributed by atoms with Crippen LogP contribution in [0.25, 0.3) is 10.2 Å². The molecule has 116 valence electrons. The van der Waals surface area contributed by atoms with E-state index in [2.05, 4.69) is 15.0 Å². The molecule has 3 rings (SSSR count). The highest BCUT2D eigenvalue weighted by Gasteiger charge is 2.12. The molecule has 0 unspecified atom stereocenters. The number of benzene rings is 2. The van der Waals surface area contributed by atoms with Gasteiger partial charge in [0.15, 0.2) is 5.13 Å². The maximum Gasteiger partial charge on any atom is 0.337 e. The average molecular weight is 347 g/mol. The van der Waals surface area contributed by atoms with E-state index in [-0.39, 0.29) is 5.91 Å². The van der Waals surface area contributed by atoms with Gasteiger partial charge >= 0.3 is 5.97 Å². The summed E-state index contributed by atoms with van der Waals surface area (Å²) in [5, 5.41) is 3.77. The number of fused-ring (bicyclic) bond motifs is 1. The van der Waals surface area contributed by atoms with Crippen LogP contribution < -0.4 is 5.32 Å². The molecule has 0 aliphatic carbocycles. The molecule has 2 aromatic carbocycles. The van der Waals surface area contributed by atoms with Gasteiger partial charge in [0, 0.05) is 10.6 Å². The maximum absolute atomic E-state index is 12.2. The molecule has 0 fully saturated rings. The Kier molecular flexibility index (Phi) is 4.27. The molecule has 0 aliphatic heterocycles. The van der Waals surface area contributed by atoms with Gasteiger partial charge in [-0.3, -0.25) is 10.1 Å². The summed E-state index contributed by atoms with van der Waals surface area (Å²) in [6, 6.07) is 11.6. The van der Waals surface area contributed by atoms with Crippen molar-refractivity contribution in [3.63, 3.8) is 0 Å². The standard InChI is InChI=1S/C16H11ClN2O3S/c1-22-15(21)10-4-7-12-13(8-10)23-16(18-12)19-14(20)9-2-5-11(17)6-3-9/h2-8H,1H3,(H,18,19,20). The molecule has 1 amide bonds. The van der Waals surface area contributed by atoms with E-state index in [1.54, 1.807) is 42.5 Å². The Bertz CT molecular complexity index is 890.